The number of nitrogens with one attached hydrogen (secondary N) is 1. The summed E-state index contributed by atoms with van der Waals surface area (Å²) in [5.74, 6) is 0. The van der Waals surface area contributed by atoms with Crippen molar-refractivity contribution in [3.63, 3.8) is 0 Å². The molecule has 0 saturated heterocycles. The molecule has 3 aliphatic rings. The molecule has 0 aromatic rings. The van der Waals surface area contributed by atoms with Crippen LogP contribution in [0.4, 0.5) is 0 Å². The number of hydrogen-bond donors (Lipinski definition) is 1. The first kappa shape index (κ1) is 13.8. The second-order valence-electron chi connectivity index (χ2n) is 6.79. The summed E-state index contributed by atoms with van der Waals surface area (Å²) in [5.41, 5.74) is 0.467. The first-order chi connectivity index (χ1) is 9.28. The van der Waals surface area contributed by atoms with E-state index in [1.54, 1.807) is 0 Å². The standard InChI is InChI=1S/C16H29NO2/c1-17-14-11-15(16(14)8-3-4-9-16)19-13-7-5-6-12(10-13)18-2/h12-15,17H,3-11H2,1-2H3. The Morgan fingerprint density at radius 1 is 1.00 bits per heavy atom. The van der Waals surface area contributed by atoms with E-state index in [9.17, 15) is 0 Å². The van der Waals surface area contributed by atoms with Gasteiger partial charge in [0.15, 0.2) is 0 Å². The molecule has 0 radical (unpaired) electrons. The van der Waals surface area contributed by atoms with Crippen LogP contribution in [0.1, 0.15) is 57.8 Å². The third kappa shape index (κ3) is 2.45. The quantitative estimate of drug-likeness (QED) is 0.849. The molecule has 4 atom stereocenters. The highest BCUT2D eigenvalue weighted by molar-refractivity contribution is 5.09. The molecular weight excluding hydrogens is 238 g/mol. The summed E-state index contributed by atoms with van der Waals surface area (Å²) in [6.07, 6.45) is 12.9. The van der Waals surface area contributed by atoms with E-state index < -0.39 is 0 Å². The van der Waals surface area contributed by atoms with Crippen LogP contribution in [-0.2, 0) is 9.47 Å². The van der Waals surface area contributed by atoms with Gasteiger partial charge in [0.1, 0.15) is 0 Å². The van der Waals surface area contributed by atoms with Gasteiger partial charge in [-0.2, -0.15) is 0 Å². The largest absolute Gasteiger partial charge is 0.381 e. The number of hydrogen-bond acceptors (Lipinski definition) is 3. The fraction of sp³-hybridized carbons (Fsp3) is 1.00. The monoisotopic (exact) mass is 267 g/mol. The summed E-state index contributed by atoms with van der Waals surface area (Å²) in [4.78, 5) is 0. The fourth-order valence-electron chi connectivity index (χ4n) is 4.72. The van der Waals surface area contributed by atoms with Gasteiger partial charge in [-0.1, -0.05) is 12.8 Å². The second-order valence-corrected chi connectivity index (χ2v) is 6.79. The number of rotatable bonds is 4. The fourth-order valence-corrected chi connectivity index (χ4v) is 4.72. The highest BCUT2D eigenvalue weighted by Gasteiger charge is 2.56. The van der Waals surface area contributed by atoms with E-state index in [4.69, 9.17) is 9.47 Å². The molecule has 1 spiro atoms. The first-order valence-corrected chi connectivity index (χ1v) is 8.14. The summed E-state index contributed by atoms with van der Waals surface area (Å²) >= 11 is 0. The molecule has 3 nitrogen and oxygen atoms in total. The van der Waals surface area contributed by atoms with Crippen molar-refractivity contribution < 1.29 is 9.47 Å². The molecule has 3 saturated carbocycles. The van der Waals surface area contributed by atoms with E-state index in [2.05, 4.69) is 12.4 Å². The van der Waals surface area contributed by atoms with Gasteiger partial charge >= 0.3 is 0 Å². The minimum absolute atomic E-state index is 0.429. The Bertz CT molecular complexity index is 301. The van der Waals surface area contributed by atoms with Crippen molar-refractivity contribution in [2.75, 3.05) is 14.2 Å². The molecule has 3 heteroatoms. The average Bonchev–Trinajstić information content (AvgIpc) is 2.95. The highest BCUT2D eigenvalue weighted by Crippen LogP contribution is 2.55. The van der Waals surface area contributed by atoms with Gasteiger partial charge < -0.3 is 14.8 Å². The molecule has 0 bridgehead atoms. The van der Waals surface area contributed by atoms with Gasteiger partial charge in [-0.05, 0) is 52.0 Å². The van der Waals surface area contributed by atoms with Crippen LogP contribution in [0, 0.1) is 5.41 Å². The van der Waals surface area contributed by atoms with Gasteiger partial charge in [-0.25, -0.2) is 0 Å². The Kier molecular flexibility index (Phi) is 4.16. The summed E-state index contributed by atoms with van der Waals surface area (Å²) < 4.78 is 12.0. The van der Waals surface area contributed by atoms with E-state index in [1.165, 1.54) is 51.4 Å². The van der Waals surface area contributed by atoms with Gasteiger partial charge in [0.05, 0.1) is 18.3 Å². The van der Waals surface area contributed by atoms with Crippen LogP contribution in [0.2, 0.25) is 0 Å². The van der Waals surface area contributed by atoms with Crippen LogP contribution in [0.25, 0.3) is 0 Å². The van der Waals surface area contributed by atoms with Gasteiger partial charge in [0.2, 0.25) is 0 Å². The van der Waals surface area contributed by atoms with Crippen LogP contribution in [0.5, 0.6) is 0 Å². The molecule has 0 heterocycles. The van der Waals surface area contributed by atoms with Crippen molar-refractivity contribution >= 4 is 0 Å². The minimum Gasteiger partial charge on any atom is -0.381 e. The summed E-state index contributed by atoms with van der Waals surface area (Å²) in [5, 5.41) is 3.52. The lowest BCUT2D eigenvalue weighted by Crippen LogP contribution is -2.62. The van der Waals surface area contributed by atoms with Crippen molar-refractivity contribution in [3.8, 4) is 0 Å². The molecule has 0 amide bonds. The lowest BCUT2D eigenvalue weighted by Gasteiger charge is -2.55. The first-order valence-electron chi connectivity index (χ1n) is 8.14. The molecule has 3 rings (SSSR count). The van der Waals surface area contributed by atoms with Gasteiger partial charge in [-0.3, -0.25) is 0 Å². The van der Waals surface area contributed by atoms with E-state index >= 15 is 0 Å². The molecule has 1 N–H and O–H groups in total. The zero-order chi connectivity index (χ0) is 13.3. The van der Waals surface area contributed by atoms with Crippen LogP contribution in [0.15, 0.2) is 0 Å². The summed E-state index contributed by atoms with van der Waals surface area (Å²) in [7, 11) is 3.95. The number of ether oxygens (including phenoxy) is 2. The normalized spacial score (nSPS) is 41.4. The highest BCUT2D eigenvalue weighted by atomic mass is 16.5. The summed E-state index contributed by atoms with van der Waals surface area (Å²) in [6.45, 7) is 0. The third-order valence-electron chi connectivity index (χ3n) is 5.94. The van der Waals surface area contributed by atoms with E-state index in [-0.39, 0.29) is 0 Å². The predicted octanol–water partition coefficient (Wildman–Crippen LogP) is 2.88. The summed E-state index contributed by atoms with van der Waals surface area (Å²) in [6, 6.07) is 0.696. The molecule has 110 valence electrons. The maximum atomic E-state index is 6.51. The van der Waals surface area contributed by atoms with Crippen LogP contribution in [-0.4, -0.2) is 38.5 Å². The zero-order valence-electron chi connectivity index (χ0n) is 12.5. The maximum absolute atomic E-state index is 6.51. The van der Waals surface area contributed by atoms with E-state index in [1.807, 2.05) is 7.11 Å². The molecule has 3 fully saturated rings. The van der Waals surface area contributed by atoms with Crippen molar-refractivity contribution in [2.24, 2.45) is 5.41 Å². The van der Waals surface area contributed by atoms with Crippen LogP contribution >= 0.6 is 0 Å². The Morgan fingerprint density at radius 2 is 1.74 bits per heavy atom. The van der Waals surface area contributed by atoms with Gasteiger partial charge in [-0.15, -0.1) is 0 Å². The SMILES string of the molecule is CNC1CC(OC2CCCC(OC)C2)C12CCCC2. The molecule has 0 aliphatic heterocycles. The molecule has 0 aromatic carbocycles. The van der Waals surface area contributed by atoms with Crippen molar-refractivity contribution in [1.29, 1.82) is 0 Å². The van der Waals surface area contributed by atoms with Crippen molar-refractivity contribution in [1.82, 2.24) is 5.32 Å². The molecule has 3 aliphatic carbocycles. The van der Waals surface area contributed by atoms with Crippen LogP contribution < -0.4 is 5.32 Å². The molecule has 19 heavy (non-hydrogen) atoms. The molecular formula is C16H29NO2. The Morgan fingerprint density at radius 3 is 2.42 bits per heavy atom. The lowest BCUT2D eigenvalue weighted by molar-refractivity contribution is -0.173. The Hall–Kier alpha value is -0.120. The smallest absolute Gasteiger partial charge is 0.0665 e. The molecule has 0 aromatic heterocycles. The van der Waals surface area contributed by atoms with E-state index in [0.29, 0.717) is 29.8 Å². The number of methoxy groups -OCH3 is 1. The lowest BCUT2D eigenvalue weighted by atomic mass is 9.60. The average molecular weight is 267 g/mol. The van der Waals surface area contributed by atoms with Crippen LogP contribution in [0.3, 0.4) is 0 Å². The van der Waals surface area contributed by atoms with Crippen molar-refractivity contribution in [2.45, 2.75) is 82.1 Å². The second kappa shape index (κ2) is 5.71. The van der Waals surface area contributed by atoms with Gasteiger partial charge in [0, 0.05) is 18.6 Å². The third-order valence-corrected chi connectivity index (χ3v) is 5.94. The maximum Gasteiger partial charge on any atom is 0.0665 e. The zero-order valence-corrected chi connectivity index (χ0v) is 12.5. The van der Waals surface area contributed by atoms with Gasteiger partial charge in [0.25, 0.3) is 0 Å². The Balaban J connectivity index is 1.58. The predicted molar refractivity (Wildman–Crippen MR) is 76.3 cm³/mol. The van der Waals surface area contributed by atoms with Crippen molar-refractivity contribution in [3.05, 3.63) is 0 Å². The molecule has 4 unspecified atom stereocenters. The van der Waals surface area contributed by atoms with E-state index in [0.717, 1.165) is 6.42 Å². The Labute approximate surface area is 117 Å². The minimum atomic E-state index is 0.429. The topological polar surface area (TPSA) is 30.5 Å².